The molecule has 0 radical (unpaired) electrons. The highest BCUT2D eigenvalue weighted by atomic mass is 32.3. The Bertz CT molecular complexity index is 1870. The standard InChI is InChI=1S/C21H20N6O11S3/c22-18-16(26-24-13-4-6-15(7-5-13)39(30,31)9-8-38-41(35,36)37)11-17(40(32,33)34)19(23)20(18)27-25-14-3-1-2-12(10-14)21(28)29/h1-7,10-11H,8-9,22-23H2,(H,28,29)(H,32,33,34)(H,35,36,37)/b26-24+,27-25+. The molecular weight excluding hydrogens is 608 g/mol. The Morgan fingerprint density at radius 3 is 2.02 bits per heavy atom. The maximum Gasteiger partial charge on any atom is 0.397 e. The molecule has 0 bridgehead atoms. The number of hydrogen-bond donors (Lipinski definition) is 5. The average molecular weight is 629 g/mol. The van der Waals surface area contributed by atoms with Gasteiger partial charge in [0.05, 0.1) is 45.6 Å². The number of hydrogen-bond acceptors (Lipinski definition) is 14. The van der Waals surface area contributed by atoms with Gasteiger partial charge in [0.1, 0.15) is 16.3 Å². The van der Waals surface area contributed by atoms with Crippen LogP contribution >= 0.6 is 0 Å². The number of sulfone groups is 1. The van der Waals surface area contributed by atoms with Gasteiger partial charge in [-0.1, -0.05) is 6.07 Å². The molecule has 3 rings (SSSR count). The molecular formula is C21H20N6O11S3. The first kappa shape index (κ1) is 31.2. The summed E-state index contributed by atoms with van der Waals surface area (Å²) >= 11 is 0. The van der Waals surface area contributed by atoms with Crippen LogP contribution in [0.15, 0.2) is 84.8 Å². The van der Waals surface area contributed by atoms with E-state index in [9.17, 15) is 34.6 Å². The largest absolute Gasteiger partial charge is 0.478 e. The number of anilines is 2. The van der Waals surface area contributed by atoms with Gasteiger partial charge in [0.25, 0.3) is 10.1 Å². The molecule has 0 saturated heterocycles. The molecule has 41 heavy (non-hydrogen) atoms. The van der Waals surface area contributed by atoms with Gasteiger partial charge in [-0.15, -0.1) is 10.2 Å². The molecule has 7 N–H and O–H groups in total. The maximum absolute atomic E-state index is 12.3. The summed E-state index contributed by atoms with van der Waals surface area (Å²) in [6, 6.07) is 10.8. The zero-order valence-corrected chi connectivity index (χ0v) is 22.8. The number of nitrogens with two attached hydrogens (primary N) is 2. The van der Waals surface area contributed by atoms with E-state index in [2.05, 4.69) is 24.6 Å². The third-order valence-corrected chi connectivity index (χ3v) is 8.06. The number of carbonyl (C=O) groups is 1. The van der Waals surface area contributed by atoms with Crippen LogP contribution in [0.2, 0.25) is 0 Å². The minimum atomic E-state index is -4.91. The molecule has 0 aliphatic carbocycles. The maximum atomic E-state index is 12.3. The molecule has 0 aliphatic heterocycles. The molecule has 3 aromatic carbocycles. The Labute approximate surface area is 232 Å². The second-order valence-corrected chi connectivity index (χ2v) is 12.5. The topological polar surface area (TPSA) is 291 Å². The van der Waals surface area contributed by atoms with Gasteiger partial charge in [-0.2, -0.15) is 27.1 Å². The van der Waals surface area contributed by atoms with Gasteiger partial charge < -0.3 is 16.6 Å². The Balaban J connectivity index is 1.95. The van der Waals surface area contributed by atoms with Gasteiger partial charge in [-0.25, -0.2) is 17.4 Å². The van der Waals surface area contributed by atoms with Gasteiger partial charge >= 0.3 is 16.4 Å². The average Bonchev–Trinajstić information content (AvgIpc) is 2.87. The molecule has 17 nitrogen and oxygen atoms in total. The predicted octanol–water partition coefficient (Wildman–Crippen LogP) is 3.22. The monoisotopic (exact) mass is 628 g/mol. The molecule has 218 valence electrons. The molecule has 20 heteroatoms. The van der Waals surface area contributed by atoms with Gasteiger partial charge in [-0.05, 0) is 48.5 Å². The van der Waals surface area contributed by atoms with E-state index in [1.54, 1.807) is 0 Å². The Hall–Kier alpha value is -4.34. The third kappa shape index (κ3) is 8.33. The van der Waals surface area contributed by atoms with E-state index in [4.69, 9.17) is 21.1 Å². The highest BCUT2D eigenvalue weighted by Gasteiger charge is 2.22. The predicted molar refractivity (Wildman–Crippen MR) is 143 cm³/mol. The normalized spacial score (nSPS) is 12.7. The van der Waals surface area contributed by atoms with Gasteiger partial charge in [0.2, 0.25) is 0 Å². The van der Waals surface area contributed by atoms with Crippen molar-refractivity contribution < 1.29 is 48.4 Å². The zero-order valence-electron chi connectivity index (χ0n) is 20.4. The third-order valence-electron chi connectivity index (χ3n) is 5.01. The lowest BCUT2D eigenvalue weighted by molar-refractivity contribution is 0.0696. The lowest BCUT2D eigenvalue weighted by Crippen LogP contribution is -2.15. The summed E-state index contributed by atoms with van der Waals surface area (Å²) in [5, 5.41) is 24.5. The van der Waals surface area contributed by atoms with Crippen molar-refractivity contribution in [3.8, 4) is 0 Å². The van der Waals surface area contributed by atoms with Crippen molar-refractivity contribution in [2.45, 2.75) is 9.79 Å². The minimum absolute atomic E-state index is 0.0590. The summed E-state index contributed by atoms with van der Waals surface area (Å²) in [5.74, 6) is -1.99. The van der Waals surface area contributed by atoms with Crippen molar-refractivity contribution >= 4 is 70.4 Å². The summed E-state index contributed by atoms with van der Waals surface area (Å²) in [7, 11) is -13.7. The van der Waals surface area contributed by atoms with Crippen LogP contribution in [0.3, 0.4) is 0 Å². The van der Waals surface area contributed by atoms with Crippen molar-refractivity contribution in [3.05, 3.63) is 60.2 Å². The van der Waals surface area contributed by atoms with Crippen LogP contribution in [-0.2, 0) is 34.5 Å². The van der Waals surface area contributed by atoms with Crippen LogP contribution in [0.4, 0.5) is 34.1 Å². The van der Waals surface area contributed by atoms with Crippen LogP contribution in [-0.4, -0.2) is 57.8 Å². The molecule has 0 atom stereocenters. The zero-order chi connectivity index (χ0) is 30.6. The lowest BCUT2D eigenvalue weighted by Gasteiger charge is -2.10. The number of rotatable bonds is 11. The van der Waals surface area contributed by atoms with Gasteiger partial charge in [0.15, 0.2) is 9.84 Å². The second-order valence-electron chi connectivity index (χ2n) is 7.86. The van der Waals surface area contributed by atoms with Crippen LogP contribution < -0.4 is 11.5 Å². The van der Waals surface area contributed by atoms with Crippen LogP contribution in [0.1, 0.15) is 10.4 Å². The number of carboxylic acids is 1. The number of benzene rings is 3. The Kier molecular flexibility index (Phi) is 9.16. The number of nitrogen functional groups attached to an aromatic ring is 2. The number of aromatic carboxylic acids is 1. The van der Waals surface area contributed by atoms with E-state index in [0.717, 1.165) is 18.2 Å². The summed E-state index contributed by atoms with van der Waals surface area (Å²) < 4.78 is 91.8. The molecule has 0 amide bonds. The van der Waals surface area contributed by atoms with Gasteiger partial charge in [0, 0.05) is 0 Å². The first-order chi connectivity index (χ1) is 19.0. The quantitative estimate of drug-likeness (QED) is 0.116. The van der Waals surface area contributed by atoms with Crippen molar-refractivity contribution in [2.24, 2.45) is 20.5 Å². The fourth-order valence-electron chi connectivity index (χ4n) is 3.07. The second kappa shape index (κ2) is 12.0. The van der Waals surface area contributed by atoms with E-state index >= 15 is 0 Å². The Morgan fingerprint density at radius 1 is 0.805 bits per heavy atom. The van der Waals surface area contributed by atoms with E-state index in [0.29, 0.717) is 0 Å². The summed E-state index contributed by atoms with van der Waals surface area (Å²) in [6.07, 6.45) is 0. The van der Waals surface area contributed by atoms with E-state index < -0.39 is 65.0 Å². The molecule has 0 aromatic heterocycles. The van der Waals surface area contributed by atoms with Crippen LogP contribution in [0.5, 0.6) is 0 Å². The number of nitrogens with zero attached hydrogens (tertiary/aromatic N) is 4. The molecule has 0 unspecified atom stereocenters. The first-order valence-corrected chi connectivity index (χ1v) is 15.2. The fourth-order valence-corrected chi connectivity index (χ4v) is 5.20. The van der Waals surface area contributed by atoms with Crippen LogP contribution in [0, 0.1) is 0 Å². The van der Waals surface area contributed by atoms with Gasteiger partial charge in [-0.3, -0.25) is 9.11 Å². The SMILES string of the molecule is Nc1c(/N=N/c2ccc(S(=O)(=O)CCOS(=O)(=O)O)cc2)cc(S(=O)(=O)O)c(N)c1/N=N/c1cccc(C(=O)O)c1. The first-order valence-electron chi connectivity index (χ1n) is 10.8. The summed E-state index contributed by atoms with van der Waals surface area (Å²) in [6.45, 7) is -0.820. The lowest BCUT2D eigenvalue weighted by atomic mass is 10.2. The summed E-state index contributed by atoms with van der Waals surface area (Å²) in [4.78, 5) is 10.1. The molecule has 0 spiro atoms. The minimum Gasteiger partial charge on any atom is -0.478 e. The molecule has 0 fully saturated rings. The van der Waals surface area contributed by atoms with Crippen molar-refractivity contribution in [1.29, 1.82) is 0 Å². The molecule has 0 aliphatic rings. The Morgan fingerprint density at radius 2 is 1.44 bits per heavy atom. The van der Waals surface area contributed by atoms with Crippen molar-refractivity contribution in [2.75, 3.05) is 23.8 Å². The van der Waals surface area contributed by atoms with E-state index in [-0.39, 0.29) is 33.2 Å². The van der Waals surface area contributed by atoms with E-state index in [1.807, 2.05) is 0 Å². The van der Waals surface area contributed by atoms with E-state index in [1.165, 1.54) is 36.4 Å². The van der Waals surface area contributed by atoms with Crippen molar-refractivity contribution in [3.63, 3.8) is 0 Å². The number of azo groups is 2. The molecule has 0 saturated carbocycles. The highest BCUT2D eigenvalue weighted by molar-refractivity contribution is 7.91. The van der Waals surface area contributed by atoms with Crippen molar-refractivity contribution in [1.82, 2.24) is 0 Å². The summed E-state index contributed by atoms with van der Waals surface area (Å²) in [5.41, 5.74) is 10.3. The molecule has 3 aromatic rings. The molecule has 0 heterocycles. The smallest absolute Gasteiger partial charge is 0.397 e. The van der Waals surface area contributed by atoms with Crippen LogP contribution in [0.25, 0.3) is 0 Å². The number of carboxylic acid groups (broad SMARTS) is 1. The fraction of sp³-hybridized carbons (Fsp3) is 0.0952. The highest BCUT2D eigenvalue weighted by Crippen LogP contribution is 2.43.